The van der Waals surface area contributed by atoms with Crippen molar-refractivity contribution in [2.24, 2.45) is 0 Å². The molecule has 0 saturated heterocycles. The first-order chi connectivity index (χ1) is 11.6. The van der Waals surface area contributed by atoms with Crippen molar-refractivity contribution in [3.05, 3.63) is 53.9 Å². The number of hydrogen-bond donors (Lipinski definition) is 1. The van der Waals surface area contributed by atoms with E-state index in [1.54, 1.807) is 12.4 Å². The van der Waals surface area contributed by atoms with Crippen molar-refractivity contribution >= 4 is 5.91 Å². The maximum absolute atomic E-state index is 12.0. The molecule has 0 atom stereocenters. The van der Waals surface area contributed by atoms with E-state index in [1.165, 1.54) is 0 Å². The van der Waals surface area contributed by atoms with Gasteiger partial charge in [0.05, 0.1) is 0 Å². The summed E-state index contributed by atoms with van der Waals surface area (Å²) in [6, 6.07) is 7.68. The van der Waals surface area contributed by atoms with E-state index in [0.29, 0.717) is 31.2 Å². The van der Waals surface area contributed by atoms with Crippen LogP contribution < -0.4 is 5.32 Å². The number of nitrogens with zero attached hydrogens (tertiary/aromatic N) is 4. The molecule has 0 spiro atoms. The van der Waals surface area contributed by atoms with E-state index < -0.39 is 0 Å². The molecule has 0 aliphatic heterocycles. The third-order valence-electron chi connectivity index (χ3n) is 3.77. The maximum atomic E-state index is 12.0. The number of hydrogen-bond acceptors (Lipinski definition) is 5. The van der Waals surface area contributed by atoms with Crippen molar-refractivity contribution < 1.29 is 9.32 Å². The molecular formula is C17H19N5O2. The van der Waals surface area contributed by atoms with Crippen LogP contribution in [0.2, 0.25) is 0 Å². The molecular weight excluding hydrogens is 306 g/mol. The van der Waals surface area contributed by atoms with Crippen molar-refractivity contribution in [3.63, 3.8) is 0 Å². The van der Waals surface area contributed by atoms with Crippen LogP contribution in [-0.2, 0) is 17.8 Å². The zero-order valence-corrected chi connectivity index (χ0v) is 13.7. The Bertz CT molecular complexity index is 803. The van der Waals surface area contributed by atoms with Crippen molar-refractivity contribution in [2.75, 3.05) is 6.54 Å². The molecule has 3 aromatic heterocycles. The minimum Gasteiger partial charge on any atom is -0.354 e. The molecule has 24 heavy (non-hydrogen) atoms. The third kappa shape index (κ3) is 3.68. The van der Waals surface area contributed by atoms with Gasteiger partial charge in [0.2, 0.25) is 17.6 Å². The van der Waals surface area contributed by atoms with E-state index in [9.17, 15) is 4.79 Å². The minimum absolute atomic E-state index is 0.0376. The second-order valence-electron chi connectivity index (χ2n) is 5.56. The lowest BCUT2D eigenvalue weighted by atomic mass is 10.3. The molecule has 0 aromatic carbocycles. The first kappa shape index (κ1) is 15.9. The van der Waals surface area contributed by atoms with E-state index in [4.69, 9.17) is 4.52 Å². The van der Waals surface area contributed by atoms with Crippen molar-refractivity contribution in [2.45, 2.75) is 26.8 Å². The smallest absolute Gasteiger partial charge is 0.239 e. The van der Waals surface area contributed by atoms with Gasteiger partial charge < -0.3 is 14.4 Å². The highest BCUT2D eigenvalue weighted by atomic mass is 16.5. The monoisotopic (exact) mass is 325 g/mol. The molecule has 7 heteroatoms. The van der Waals surface area contributed by atoms with Gasteiger partial charge in [0.1, 0.15) is 6.54 Å². The standard InChI is InChI=1S/C17H19N5O2/c1-12-5-6-13(2)22(12)11-15(23)19-9-7-16-20-17(21-24-16)14-4-3-8-18-10-14/h3-6,8,10H,7,9,11H2,1-2H3,(H,19,23). The van der Waals surface area contributed by atoms with Crippen LogP contribution in [0.25, 0.3) is 11.4 Å². The lowest BCUT2D eigenvalue weighted by molar-refractivity contribution is -0.121. The summed E-state index contributed by atoms with van der Waals surface area (Å²) in [5, 5.41) is 6.80. The summed E-state index contributed by atoms with van der Waals surface area (Å²) >= 11 is 0. The molecule has 0 unspecified atom stereocenters. The summed E-state index contributed by atoms with van der Waals surface area (Å²) in [6.45, 7) is 4.74. The predicted octanol–water partition coefficient (Wildman–Crippen LogP) is 1.91. The molecule has 7 nitrogen and oxygen atoms in total. The van der Waals surface area contributed by atoms with Crippen LogP contribution in [0.1, 0.15) is 17.3 Å². The maximum Gasteiger partial charge on any atom is 0.239 e. The fourth-order valence-corrected chi connectivity index (χ4v) is 2.43. The van der Waals surface area contributed by atoms with Crippen molar-refractivity contribution in [3.8, 4) is 11.4 Å². The zero-order chi connectivity index (χ0) is 16.9. The van der Waals surface area contributed by atoms with Gasteiger partial charge in [-0.2, -0.15) is 4.98 Å². The van der Waals surface area contributed by atoms with Gasteiger partial charge in [-0.1, -0.05) is 5.16 Å². The van der Waals surface area contributed by atoms with Crippen LogP contribution in [0.5, 0.6) is 0 Å². The molecule has 0 bridgehead atoms. The Hall–Kier alpha value is -2.96. The lowest BCUT2D eigenvalue weighted by Gasteiger charge is -2.09. The van der Waals surface area contributed by atoms with Crippen LogP contribution in [0.4, 0.5) is 0 Å². The fourth-order valence-electron chi connectivity index (χ4n) is 2.43. The summed E-state index contributed by atoms with van der Waals surface area (Å²) in [5.41, 5.74) is 2.94. The van der Waals surface area contributed by atoms with Gasteiger partial charge in [0.25, 0.3) is 0 Å². The van der Waals surface area contributed by atoms with Gasteiger partial charge in [-0.25, -0.2) is 0 Å². The highest BCUT2D eigenvalue weighted by Gasteiger charge is 2.10. The Morgan fingerprint density at radius 1 is 1.25 bits per heavy atom. The molecule has 3 rings (SSSR count). The molecule has 124 valence electrons. The molecule has 0 aliphatic rings. The molecule has 1 amide bonds. The summed E-state index contributed by atoms with van der Waals surface area (Å²) < 4.78 is 7.17. The molecule has 0 saturated carbocycles. The van der Waals surface area contributed by atoms with Gasteiger partial charge in [0, 0.05) is 42.3 Å². The Morgan fingerprint density at radius 2 is 2.04 bits per heavy atom. The van der Waals surface area contributed by atoms with E-state index in [2.05, 4.69) is 20.4 Å². The first-order valence-electron chi connectivity index (χ1n) is 7.76. The number of rotatable bonds is 6. The second-order valence-corrected chi connectivity index (χ2v) is 5.56. The summed E-state index contributed by atoms with van der Waals surface area (Å²) in [5.74, 6) is 0.954. The first-order valence-corrected chi connectivity index (χ1v) is 7.76. The summed E-state index contributed by atoms with van der Waals surface area (Å²) in [6.07, 6.45) is 3.86. The second kappa shape index (κ2) is 7.08. The van der Waals surface area contributed by atoms with Crippen LogP contribution in [-0.4, -0.2) is 32.1 Å². The van der Waals surface area contributed by atoms with E-state index in [1.807, 2.05) is 42.7 Å². The Balaban J connectivity index is 1.50. The number of carbonyl (C=O) groups is 1. The molecule has 3 aromatic rings. The van der Waals surface area contributed by atoms with Crippen LogP contribution in [0.3, 0.4) is 0 Å². The van der Waals surface area contributed by atoms with Crippen molar-refractivity contribution in [1.82, 2.24) is 25.0 Å². The van der Waals surface area contributed by atoms with E-state index >= 15 is 0 Å². The summed E-state index contributed by atoms with van der Waals surface area (Å²) in [4.78, 5) is 20.4. The average Bonchev–Trinajstić information content (AvgIpc) is 3.18. The van der Waals surface area contributed by atoms with Gasteiger partial charge in [-0.15, -0.1) is 0 Å². The van der Waals surface area contributed by atoms with Crippen molar-refractivity contribution in [1.29, 1.82) is 0 Å². The fraction of sp³-hybridized carbons (Fsp3) is 0.294. The van der Waals surface area contributed by atoms with E-state index in [0.717, 1.165) is 17.0 Å². The van der Waals surface area contributed by atoms with Gasteiger partial charge in [-0.05, 0) is 38.1 Å². The molecule has 0 radical (unpaired) electrons. The molecule has 3 heterocycles. The largest absolute Gasteiger partial charge is 0.354 e. The lowest BCUT2D eigenvalue weighted by Crippen LogP contribution is -2.30. The normalized spacial score (nSPS) is 10.8. The quantitative estimate of drug-likeness (QED) is 0.748. The van der Waals surface area contributed by atoms with Gasteiger partial charge in [0.15, 0.2) is 0 Å². The Labute approximate surface area is 139 Å². The van der Waals surface area contributed by atoms with Crippen LogP contribution in [0, 0.1) is 13.8 Å². The molecule has 0 aliphatic carbocycles. The minimum atomic E-state index is -0.0376. The zero-order valence-electron chi connectivity index (χ0n) is 13.7. The number of carbonyl (C=O) groups excluding carboxylic acids is 1. The van der Waals surface area contributed by atoms with Gasteiger partial charge >= 0.3 is 0 Å². The number of aromatic nitrogens is 4. The number of amides is 1. The Kier molecular flexibility index (Phi) is 4.69. The average molecular weight is 325 g/mol. The third-order valence-corrected chi connectivity index (χ3v) is 3.77. The van der Waals surface area contributed by atoms with Crippen LogP contribution in [0.15, 0.2) is 41.2 Å². The van der Waals surface area contributed by atoms with Crippen LogP contribution >= 0.6 is 0 Å². The summed E-state index contributed by atoms with van der Waals surface area (Å²) in [7, 11) is 0. The number of pyridine rings is 1. The SMILES string of the molecule is Cc1ccc(C)n1CC(=O)NCCc1nc(-c2cccnc2)no1. The molecule has 0 fully saturated rings. The highest BCUT2D eigenvalue weighted by Crippen LogP contribution is 2.13. The number of aryl methyl sites for hydroxylation is 2. The predicted molar refractivity (Wildman–Crippen MR) is 88.1 cm³/mol. The highest BCUT2D eigenvalue weighted by molar-refractivity contribution is 5.75. The van der Waals surface area contributed by atoms with E-state index in [-0.39, 0.29) is 5.91 Å². The van der Waals surface area contributed by atoms with Gasteiger partial charge in [-0.3, -0.25) is 9.78 Å². The molecule has 1 N–H and O–H groups in total. The Morgan fingerprint density at radius 3 is 2.75 bits per heavy atom. The topological polar surface area (TPSA) is 85.8 Å². The number of nitrogens with one attached hydrogen (secondary N) is 1.